The van der Waals surface area contributed by atoms with Crippen LogP contribution in [0.5, 0.6) is 0 Å². The molecule has 74 valence electrons. The first-order valence-corrected chi connectivity index (χ1v) is 5.01. The fourth-order valence-electron chi connectivity index (χ4n) is 0.998. The van der Waals surface area contributed by atoms with Crippen LogP contribution in [-0.2, 0) is 4.79 Å². The van der Waals surface area contributed by atoms with Gasteiger partial charge >= 0.3 is 0 Å². The molecule has 2 N–H and O–H groups in total. The van der Waals surface area contributed by atoms with Crippen molar-refractivity contribution in [1.29, 1.82) is 0 Å². The normalized spacial score (nSPS) is 11.3. The van der Waals surface area contributed by atoms with E-state index in [-0.39, 0.29) is 11.8 Å². The number of carbonyl (C=O) groups is 1. The number of amides is 1. The summed E-state index contributed by atoms with van der Waals surface area (Å²) < 4.78 is 0. The molecule has 0 aromatic rings. The molecule has 1 amide bonds. The number of nitrogens with two attached hydrogens (primary N) is 1. The molecule has 1 unspecified atom stereocenters. The summed E-state index contributed by atoms with van der Waals surface area (Å²) >= 11 is 0. The second kappa shape index (κ2) is 10.5. The average Bonchev–Trinajstić information content (AvgIpc) is 2.09. The first-order valence-electron chi connectivity index (χ1n) is 5.01. The van der Waals surface area contributed by atoms with Crippen LogP contribution >= 0.6 is 0 Å². The topological polar surface area (TPSA) is 43.1 Å². The highest BCUT2D eigenvalue weighted by Crippen LogP contribution is 2.10. The van der Waals surface area contributed by atoms with E-state index in [9.17, 15) is 4.79 Å². The van der Waals surface area contributed by atoms with Crippen LogP contribution in [0.1, 0.15) is 53.4 Å². The summed E-state index contributed by atoms with van der Waals surface area (Å²) in [6, 6.07) is 0. The highest BCUT2D eigenvalue weighted by molar-refractivity contribution is 5.76. The van der Waals surface area contributed by atoms with Gasteiger partial charge in [0.2, 0.25) is 5.91 Å². The molecule has 0 heterocycles. The molecule has 0 radical (unpaired) electrons. The minimum atomic E-state index is -0.143. The predicted molar refractivity (Wildman–Crippen MR) is 53.8 cm³/mol. The van der Waals surface area contributed by atoms with Crippen molar-refractivity contribution in [3.8, 4) is 0 Å². The van der Waals surface area contributed by atoms with Crippen molar-refractivity contribution in [2.75, 3.05) is 0 Å². The Morgan fingerprint density at radius 1 is 1.33 bits per heavy atom. The lowest BCUT2D eigenvalue weighted by atomic mass is 9.99. The van der Waals surface area contributed by atoms with Crippen LogP contribution in [0.15, 0.2) is 0 Å². The maximum Gasteiger partial charge on any atom is 0.220 e. The Morgan fingerprint density at radius 3 is 2.08 bits per heavy atom. The lowest BCUT2D eigenvalue weighted by Crippen LogP contribution is -2.22. The molecule has 0 aliphatic rings. The molecule has 0 fully saturated rings. The van der Waals surface area contributed by atoms with Crippen LogP contribution in [0.25, 0.3) is 0 Å². The smallest absolute Gasteiger partial charge is 0.220 e. The summed E-state index contributed by atoms with van der Waals surface area (Å²) in [6.45, 7) is 8.12. The van der Waals surface area contributed by atoms with Gasteiger partial charge in [0.15, 0.2) is 0 Å². The van der Waals surface area contributed by atoms with E-state index in [1.807, 2.05) is 20.8 Å². The van der Waals surface area contributed by atoms with Crippen LogP contribution in [0.2, 0.25) is 0 Å². The molecule has 0 aliphatic carbocycles. The van der Waals surface area contributed by atoms with Gasteiger partial charge in [-0.15, -0.1) is 0 Å². The Bertz CT molecular complexity index is 102. The number of rotatable bonds is 5. The van der Waals surface area contributed by atoms with Crippen molar-refractivity contribution in [1.82, 2.24) is 0 Å². The van der Waals surface area contributed by atoms with E-state index < -0.39 is 0 Å². The van der Waals surface area contributed by atoms with E-state index in [2.05, 4.69) is 6.92 Å². The molecule has 0 saturated carbocycles. The number of carbonyl (C=O) groups excluding carboxylic acids is 1. The summed E-state index contributed by atoms with van der Waals surface area (Å²) in [6.07, 6.45) is 4.10. The SMILES string of the molecule is CC.CCCCC(CC)C(N)=O. The molecule has 12 heavy (non-hydrogen) atoms. The molecule has 0 bridgehead atoms. The zero-order valence-corrected chi connectivity index (χ0v) is 8.89. The third kappa shape index (κ3) is 7.58. The predicted octanol–water partition coefficient (Wildman–Crippen LogP) is 2.71. The van der Waals surface area contributed by atoms with Gasteiger partial charge in [-0.05, 0) is 12.8 Å². The van der Waals surface area contributed by atoms with Crippen molar-refractivity contribution in [3.63, 3.8) is 0 Å². The quantitative estimate of drug-likeness (QED) is 0.682. The number of hydrogen-bond acceptors (Lipinski definition) is 1. The monoisotopic (exact) mass is 173 g/mol. The molecule has 0 saturated heterocycles. The van der Waals surface area contributed by atoms with Crippen LogP contribution in [0.3, 0.4) is 0 Å². The van der Waals surface area contributed by atoms with E-state index in [0.717, 1.165) is 25.7 Å². The third-order valence-corrected chi connectivity index (χ3v) is 1.80. The maximum absolute atomic E-state index is 10.7. The zero-order chi connectivity index (χ0) is 9.98. The average molecular weight is 173 g/mol. The van der Waals surface area contributed by atoms with Crippen LogP contribution < -0.4 is 5.73 Å². The summed E-state index contributed by atoms with van der Waals surface area (Å²) in [5.74, 6) is -0.0316. The standard InChI is InChI=1S/C8H17NO.C2H6/c1-3-5-6-7(4-2)8(9)10;1-2/h7H,3-6H2,1-2H3,(H2,9,10);1-2H3. The summed E-state index contributed by atoms with van der Waals surface area (Å²) in [5, 5.41) is 0. The molecule has 0 aliphatic heterocycles. The molecular weight excluding hydrogens is 150 g/mol. The van der Waals surface area contributed by atoms with E-state index in [1.165, 1.54) is 0 Å². The van der Waals surface area contributed by atoms with Crippen molar-refractivity contribution >= 4 is 5.91 Å². The summed E-state index contributed by atoms with van der Waals surface area (Å²) in [5.41, 5.74) is 5.15. The number of unbranched alkanes of at least 4 members (excludes halogenated alkanes) is 1. The van der Waals surface area contributed by atoms with Crippen LogP contribution in [-0.4, -0.2) is 5.91 Å². The molecule has 2 nitrogen and oxygen atoms in total. The molecule has 2 heteroatoms. The van der Waals surface area contributed by atoms with Crippen LogP contribution in [0.4, 0.5) is 0 Å². The molecule has 1 atom stereocenters. The summed E-state index contributed by atoms with van der Waals surface area (Å²) in [4.78, 5) is 10.7. The second-order valence-electron chi connectivity index (χ2n) is 2.65. The Morgan fingerprint density at radius 2 is 1.83 bits per heavy atom. The Labute approximate surface area is 76.5 Å². The van der Waals surface area contributed by atoms with Gasteiger partial charge < -0.3 is 5.73 Å². The van der Waals surface area contributed by atoms with E-state index >= 15 is 0 Å². The zero-order valence-electron chi connectivity index (χ0n) is 8.89. The minimum absolute atomic E-state index is 0.111. The first kappa shape index (κ1) is 14.0. The molecule has 0 aromatic carbocycles. The fraction of sp³-hybridized carbons (Fsp3) is 0.900. The van der Waals surface area contributed by atoms with Gasteiger partial charge in [0.25, 0.3) is 0 Å². The van der Waals surface area contributed by atoms with Gasteiger partial charge in [-0.25, -0.2) is 0 Å². The van der Waals surface area contributed by atoms with Crippen LogP contribution in [0, 0.1) is 5.92 Å². The van der Waals surface area contributed by atoms with Crippen molar-refractivity contribution in [3.05, 3.63) is 0 Å². The van der Waals surface area contributed by atoms with Gasteiger partial charge in [-0.2, -0.15) is 0 Å². The van der Waals surface area contributed by atoms with Gasteiger partial charge in [0.1, 0.15) is 0 Å². The maximum atomic E-state index is 10.7. The lowest BCUT2D eigenvalue weighted by molar-refractivity contribution is -0.122. The Balaban J connectivity index is 0. The number of hydrogen-bond donors (Lipinski definition) is 1. The third-order valence-electron chi connectivity index (χ3n) is 1.80. The van der Waals surface area contributed by atoms with Gasteiger partial charge in [0, 0.05) is 5.92 Å². The Hall–Kier alpha value is -0.530. The fourth-order valence-corrected chi connectivity index (χ4v) is 0.998. The van der Waals surface area contributed by atoms with Gasteiger partial charge in [0.05, 0.1) is 0 Å². The van der Waals surface area contributed by atoms with Gasteiger partial charge in [-0.3, -0.25) is 4.79 Å². The molecule has 0 aromatic heterocycles. The first-order chi connectivity index (χ1) is 5.72. The minimum Gasteiger partial charge on any atom is -0.369 e. The highest BCUT2D eigenvalue weighted by atomic mass is 16.1. The van der Waals surface area contributed by atoms with E-state index in [4.69, 9.17) is 5.73 Å². The molecule has 0 spiro atoms. The van der Waals surface area contributed by atoms with Crippen molar-refractivity contribution < 1.29 is 4.79 Å². The number of primary amides is 1. The summed E-state index contributed by atoms with van der Waals surface area (Å²) in [7, 11) is 0. The van der Waals surface area contributed by atoms with E-state index in [0.29, 0.717) is 0 Å². The lowest BCUT2D eigenvalue weighted by Gasteiger charge is -2.08. The van der Waals surface area contributed by atoms with E-state index in [1.54, 1.807) is 0 Å². The highest BCUT2D eigenvalue weighted by Gasteiger charge is 2.10. The second-order valence-corrected chi connectivity index (χ2v) is 2.65. The van der Waals surface area contributed by atoms with Gasteiger partial charge in [-0.1, -0.05) is 40.5 Å². The Kier molecular flexibility index (Phi) is 12.2. The largest absolute Gasteiger partial charge is 0.369 e. The van der Waals surface area contributed by atoms with Crippen molar-refractivity contribution in [2.45, 2.75) is 53.4 Å². The van der Waals surface area contributed by atoms with Crippen molar-refractivity contribution in [2.24, 2.45) is 11.7 Å². The molecular formula is C10H23NO. The molecule has 0 rings (SSSR count).